The van der Waals surface area contributed by atoms with Crippen molar-refractivity contribution in [3.63, 3.8) is 0 Å². The lowest BCUT2D eigenvalue weighted by Gasteiger charge is -1.94. The highest BCUT2D eigenvalue weighted by Gasteiger charge is 2.06. The number of hydrogen-bond acceptors (Lipinski definition) is 2. The lowest BCUT2D eigenvalue weighted by atomic mass is 10.2. The molecular weight excluding hydrogens is 166 g/mol. The van der Waals surface area contributed by atoms with E-state index in [1.54, 1.807) is 6.92 Å². The summed E-state index contributed by atoms with van der Waals surface area (Å²) in [5.74, 6) is 0. The third-order valence-electron chi connectivity index (χ3n) is 1.27. The minimum Gasteiger partial charge on any atom is -0.258 e. The van der Waals surface area contributed by atoms with E-state index in [4.69, 9.17) is 11.6 Å². The van der Waals surface area contributed by atoms with Gasteiger partial charge in [0.25, 0.3) is 5.69 Å². The highest BCUT2D eigenvalue weighted by Crippen LogP contribution is 2.20. The van der Waals surface area contributed by atoms with Crippen LogP contribution in [0.4, 0.5) is 5.69 Å². The molecule has 0 fully saturated rings. The highest BCUT2D eigenvalue weighted by atomic mass is 35.5. The molecule has 0 saturated heterocycles. The van der Waals surface area contributed by atoms with Gasteiger partial charge in [-0.25, -0.2) is 0 Å². The van der Waals surface area contributed by atoms with Crippen LogP contribution in [0.2, 0.25) is 5.02 Å². The van der Waals surface area contributed by atoms with Crippen molar-refractivity contribution < 1.29 is 4.92 Å². The Hall–Kier alpha value is -1.09. The normalized spacial score (nSPS) is 9.64. The second-order valence-electron chi connectivity index (χ2n) is 2.11. The number of nitro groups is 1. The van der Waals surface area contributed by atoms with E-state index in [2.05, 4.69) is 6.07 Å². The first-order chi connectivity index (χ1) is 5.11. The van der Waals surface area contributed by atoms with Crippen molar-refractivity contribution >= 4 is 17.3 Å². The standard InChI is InChI=1S/C7H5ClNO2/c1-5-2-3-6(9(10)11)4-7(5)8/h2,4H,1H3. The van der Waals surface area contributed by atoms with Crippen LogP contribution in [0, 0.1) is 23.1 Å². The maximum absolute atomic E-state index is 10.2. The van der Waals surface area contributed by atoms with Crippen LogP contribution >= 0.6 is 11.6 Å². The second kappa shape index (κ2) is 2.88. The van der Waals surface area contributed by atoms with Crippen LogP contribution in [0.3, 0.4) is 0 Å². The van der Waals surface area contributed by atoms with E-state index in [0.717, 1.165) is 5.56 Å². The summed E-state index contributed by atoms with van der Waals surface area (Å²) in [4.78, 5) is 9.66. The minimum atomic E-state index is -0.522. The van der Waals surface area contributed by atoms with E-state index in [1.165, 1.54) is 12.1 Å². The number of non-ortho nitro benzene ring substituents is 1. The van der Waals surface area contributed by atoms with Crippen LogP contribution in [0.15, 0.2) is 12.1 Å². The lowest BCUT2D eigenvalue weighted by molar-refractivity contribution is -0.385. The van der Waals surface area contributed by atoms with Gasteiger partial charge in [0.15, 0.2) is 0 Å². The summed E-state index contributed by atoms with van der Waals surface area (Å²) in [6, 6.07) is 5.28. The van der Waals surface area contributed by atoms with Crippen LogP contribution in [0.5, 0.6) is 0 Å². The molecule has 3 nitrogen and oxygen atoms in total. The van der Waals surface area contributed by atoms with Crippen molar-refractivity contribution in [2.24, 2.45) is 0 Å². The molecule has 1 radical (unpaired) electrons. The van der Waals surface area contributed by atoms with Crippen LogP contribution in [-0.4, -0.2) is 4.92 Å². The Balaban J connectivity index is 3.15. The van der Waals surface area contributed by atoms with Crippen LogP contribution < -0.4 is 0 Å². The molecule has 11 heavy (non-hydrogen) atoms. The summed E-state index contributed by atoms with van der Waals surface area (Å²) in [5, 5.41) is 10.6. The Morgan fingerprint density at radius 1 is 1.73 bits per heavy atom. The fourth-order valence-corrected chi connectivity index (χ4v) is 0.790. The molecule has 1 aromatic rings. The summed E-state index contributed by atoms with van der Waals surface area (Å²) in [6.07, 6.45) is 0. The quantitative estimate of drug-likeness (QED) is 0.480. The molecule has 0 aliphatic heterocycles. The molecule has 1 rings (SSSR count). The van der Waals surface area contributed by atoms with Crippen LogP contribution in [0.25, 0.3) is 0 Å². The molecule has 0 N–H and O–H groups in total. The largest absolute Gasteiger partial charge is 0.278 e. The van der Waals surface area contributed by atoms with Crippen molar-refractivity contribution in [1.82, 2.24) is 0 Å². The molecule has 0 spiro atoms. The van der Waals surface area contributed by atoms with E-state index in [0.29, 0.717) is 5.02 Å². The summed E-state index contributed by atoms with van der Waals surface area (Å²) in [5.41, 5.74) is 0.692. The Morgan fingerprint density at radius 3 is 2.82 bits per heavy atom. The van der Waals surface area contributed by atoms with Crippen molar-refractivity contribution in [1.29, 1.82) is 0 Å². The molecule has 0 aromatic heterocycles. The third kappa shape index (κ3) is 1.68. The maximum atomic E-state index is 10.2. The number of nitro benzene ring substituents is 1. The molecule has 0 atom stereocenters. The molecule has 4 heteroatoms. The van der Waals surface area contributed by atoms with Gasteiger partial charge in [-0.3, -0.25) is 10.1 Å². The summed E-state index contributed by atoms with van der Waals surface area (Å²) in [6.45, 7) is 1.77. The Bertz CT molecular complexity index is 298. The van der Waals surface area contributed by atoms with Gasteiger partial charge in [-0.2, -0.15) is 0 Å². The molecular formula is C7H5ClNO2. The SMILES string of the molecule is Cc1c[c]c([N+](=O)[O-])cc1Cl. The average Bonchev–Trinajstić information content (AvgIpc) is 1.94. The van der Waals surface area contributed by atoms with Gasteiger partial charge in [-0.15, -0.1) is 0 Å². The maximum Gasteiger partial charge on any atom is 0.278 e. The molecule has 57 valence electrons. The van der Waals surface area contributed by atoms with Gasteiger partial charge < -0.3 is 0 Å². The number of benzene rings is 1. The van der Waals surface area contributed by atoms with Crippen molar-refractivity contribution in [3.05, 3.63) is 38.9 Å². The predicted octanol–water partition coefficient (Wildman–Crippen LogP) is 2.36. The van der Waals surface area contributed by atoms with Gasteiger partial charge in [-0.05, 0) is 18.6 Å². The van der Waals surface area contributed by atoms with Crippen LogP contribution in [0.1, 0.15) is 5.56 Å². The van der Waals surface area contributed by atoms with Gasteiger partial charge in [0, 0.05) is 6.07 Å². The molecule has 0 saturated carbocycles. The lowest BCUT2D eigenvalue weighted by Crippen LogP contribution is -1.88. The molecule has 0 amide bonds. The monoisotopic (exact) mass is 170 g/mol. The van der Waals surface area contributed by atoms with E-state index in [-0.39, 0.29) is 5.69 Å². The van der Waals surface area contributed by atoms with Gasteiger partial charge in [0.1, 0.15) is 0 Å². The summed E-state index contributed by atoms with van der Waals surface area (Å²) < 4.78 is 0. The Morgan fingerprint density at radius 2 is 2.36 bits per heavy atom. The molecule has 0 unspecified atom stereocenters. The Kier molecular flexibility index (Phi) is 2.10. The van der Waals surface area contributed by atoms with E-state index in [9.17, 15) is 10.1 Å². The number of halogens is 1. The van der Waals surface area contributed by atoms with Crippen LogP contribution in [-0.2, 0) is 0 Å². The molecule has 0 bridgehead atoms. The smallest absolute Gasteiger partial charge is 0.258 e. The minimum absolute atomic E-state index is 0.0967. The number of nitrogens with zero attached hydrogens (tertiary/aromatic N) is 1. The number of rotatable bonds is 1. The molecule has 0 aliphatic rings. The van der Waals surface area contributed by atoms with Gasteiger partial charge in [-0.1, -0.05) is 11.6 Å². The van der Waals surface area contributed by atoms with E-state index >= 15 is 0 Å². The van der Waals surface area contributed by atoms with Crippen molar-refractivity contribution in [2.75, 3.05) is 0 Å². The summed E-state index contributed by atoms with van der Waals surface area (Å²) >= 11 is 5.63. The van der Waals surface area contributed by atoms with Crippen molar-refractivity contribution in [2.45, 2.75) is 6.92 Å². The molecule has 1 aromatic carbocycles. The van der Waals surface area contributed by atoms with Crippen molar-refractivity contribution in [3.8, 4) is 0 Å². The zero-order valence-corrected chi connectivity index (χ0v) is 6.55. The first-order valence-corrected chi connectivity index (χ1v) is 3.31. The summed E-state index contributed by atoms with van der Waals surface area (Å²) in [7, 11) is 0. The van der Waals surface area contributed by atoms with E-state index in [1.807, 2.05) is 0 Å². The topological polar surface area (TPSA) is 43.1 Å². The highest BCUT2D eigenvalue weighted by molar-refractivity contribution is 6.31. The average molecular weight is 171 g/mol. The number of hydrogen-bond donors (Lipinski definition) is 0. The molecule has 0 heterocycles. The first kappa shape index (κ1) is 8.01. The fraction of sp³-hybridized carbons (Fsp3) is 0.143. The van der Waals surface area contributed by atoms with Gasteiger partial charge in [0.2, 0.25) is 0 Å². The number of aryl methyl sites for hydroxylation is 1. The fourth-order valence-electron chi connectivity index (χ4n) is 0.632. The Labute approximate surface area is 68.8 Å². The molecule has 0 aliphatic carbocycles. The van der Waals surface area contributed by atoms with Gasteiger partial charge in [0.05, 0.1) is 16.0 Å². The zero-order valence-electron chi connectivity index (χ0n) is 5.80. The van der Waals surface area contributed by atoms with Gasteiger partial charge >= 0.3 is 0 Å². The predicted molar refractivity (Wildman–Crippen MR) is 41.7 cm³/mol. The zero-order chi connectivity index (χ0) is 8.43. The van der Waals surface area contributed by atoms with E-state index < -0.39 is 4.92 Å². The second-order valence-corrected chi connectivity index (χ2v) is 2.51. The first-order valence-electron chi connectivity index (χ1n) is 2.93. The third-order valence-corrected chi connectivity index (χ3v) is 1.68.